The molecule has 1 rings (SSSR count). The Bertz CT molecular complexity index is 510. The number of pyridine rings is 1. The molecule has 1 heterocycles. The van der Waals surface area contributed by atoms with Gasteiger partial charge in [-0.3, -0.25) is 4.98 Å². The molecule has 0 atom stereocenters. The van der Waals surface area contributed by atoms with Crippen LogP contribution in [0.4, 0.5) is 0 Å². The standard InChI is InChI=1S/C15H25BrN2O2S/c1-3-5-7-9-18(10-8-6-4-2)21(19,20)15-11-14(16)12-17-13-15/h11-13H,3-10H2,1-2H3. The topological polar surface area (TPSA) is 50.3 Å². The molecule has 0 aliphatic heterocycles. The summed E-state index contributed by atoms with van der Waals surface area (Å²) in [5.74, 6) is 0. The summed E-state index contributed by atoms with van der Waals surface area (Å²) < 4.78 is 27.8. The number of unbranched alkanes of at least 4 members (excludes halogenated alkanes) is 4. The zero-order valence-electron chi connectivity index (χ0n) is 12.9. The Morgan fingerprint density at radius 1 is 1.05 bits per heavy atom. The highest BCUT2D eigenvalue weighted by molar-refractivity contribution is 9.10. The van der Waals surface area contributed by atoms with Crippen LogP contribution >= 0.6 is 15.9 Å². The fourth-order valence-electron chi connectivity index (χ4n) is 2.11. The first-order valence-electron chi connectivity index (χ1n) is 7.63. The molecule has 0 saturated heterocycles. The van der Waals surface area contributed by atoms with Gasteiger partial charge in [0.25, 0.3) is 0 Å². The van der Waals surface area contributed by atoms with Crippen molar-refractivity contribution in [3.8, 4) is 0 Å². The first-order valence-corrected chi connectivity index (χ1v) is 9.86. The first kappa shape index (κ1) is 18.6. The van der Waals surface area contributed by atoms with E-state index in [0.29, 0.717) is 17.6 Å². The lowest BCUT2D eigenvalue weighted by molar-refractivity contribution is 0.388. The summed E-state index contributed by atoms with van der Waals surface area (Å²) in [4.78, 5) is 4.24. The lowest BCUT2D eigenvalue weighted by Gasteiger charge is -2.22. The van der Waals surface area contributed by atoms with E-state index >= 15 is 0 Å². The maximum absolute atomic E-state index is 12.7. The van der Waals surface area contributed by atoms with Gasteiger partial charge < -0.3 is 0 Å². The molecule has 4 nitrogen and oxygen atoms in total. The highest BCUT2D eigenvalue weighted by atomic mass is 79.9. The van der Waals surface area contributed by atoms with Gasteiger partial charge in [-0.15, -0.1) is 0 Å². The van der Waals surface area contributed by atoms with E-state index in [-0.39, 0.29) is 4.90 Å². The molecule has 0 unspecified atom stereocenters. The maximum atomic E-state index is 12.7. The molecular weight excluding hydrogens is 352 g/mol. The van der Waals surface area contributed by atoms with E-state index in [4.69, 9.17) is 0 Å². The van der Waals surface area contributed by atoms with Gasteiger partial charge in [-0.1, -0.05) is 39.5 Å². The van der Waals surface area contributed by atoms with Crippen LogP contribution in [0.15, 0.2) is 27.8 Å². The Kier molecular flexibility index (Phi) is 8.44. The molecule has 1 aromatic rings. The number of hydrogen-bond acceptors (Lipinski definition) is 3. The molecule has 0 N–H and O–H groups in total. The van der Waals surface area contributed by atoms with Gasteiger partial charge in [0, 0.05) is 30.0 Å². The lowest BCUT2D eigenvalue weighted by atomic mass is 10.2. The van der Waals surface area contributed by atoms with Crippen LogP contribution in [0.5, 0.6) is 0 Å². The van der Waals surface area contributed by atoms with E-state index in [9.17, 15) is 8.42 Å². The Balaban J connectivity index is 2.87. The maximum Gasteiger partial charge on any atom is 0.244 e. The summed E-state index contributed by atoms with van der Waals surface area (Å²) >= 11 is 3.29. The smallest absolute Gasteiger partial charge is 0.244 e. The predicted octanol–water partition coefficient (Wildman–Crippen LogP) is 4.22. The van der Waals surface area contributed by atoms with E-state index in [1.807, 2.05) is 0 Å². The normalized spacial score (nSPS) is 12.0. The number of hydrogen-bond donors (Lipinski definition) is 0. The van der Waals surface area contributed by atoms with Crippen LogP contribution in [-0.2, 0) is 10.0 Å². The molecule has 0 aromatic carbocycles. The van der Waals surface area contributed by atoms with Gasteiger partial charge in [0.1, 0.15) is 4.90 Å². The minimum absolute atomic E-state index is 0.268. The van der Waals surface area contributed by atoms with Crippen LogP contribution in [-0.4, -0.2) is 30.8 Å². The van der Waals surface area contributed by atoms with Crippen LogP contribution in [0, 0.1) is 0 Å². The van der Waals surface area contributed by atoms with Crippen molar-refractivity contribution in [1.82, 2.24) is 9.29 Å². The van der Waals surface area contributed by atoms with Crippen molar-refractivity contribution in [3.63, 3.8) is 0 Å². The van der Waals surface area contributed by atoms with E-state index in [0.717, 1.165) is 38.5 Å². The molecule has 0 radical (unpaired) electrons. The molecule has 0 amide bonds. The van der Waals surface area contributed by atoms with Gasteiger partial charge in [0.15, 0.2) is 0 Å². The average Bonchev–Trinajstić information content (AvgIpc) is 2.46. The van der Waals surface area contributed by atoms with Gasteiger partial charge >= 0.3 is 0 Å². The predicted molar refractivity (Wildman–Crippen MR) is 89.7 cm³/mol. The van der Waals surface area contributed by atoms with Crippen molar-refractivity contribution in [2.45, 2.75) is 57.3 Å². The van der Waals surface area contributed by atoms with Gasteiger partial charge in [0.2, 0.25) is 10.0 Å². The summed E-state index contributed by atoms with van der Waals surface area (Å²) in [7, 11) is -3.44. The summed E-state index contributed by atoms with van der Waals surface area (Å²) in [5, 5.41) is 0. The van der Waals surface area contributed by atoms with E-state index in [1.165, 1.54) is 6.20 Å². The molecular formula is C15H25BrN2O2S. The van der Waals surface area contributed by atoms with Crippen LogP contribution in [0.3, 0.4) is 0 Å². The van der Waals surface area contributed by atoms with Crippen molar-refractivity contribution < 1.29 is 8.42 Å². The third kappa shape index (κ3) is 6.04. The number of sulfonamides is 1. The largest absolute Gasteiger partial charge is 0.262 e. The highest BCUT2D eigenvalue weighted by Crippen LogP contribution is 2.20. The summed E-state index contributed by atoms with van der Waals surface area (Å²) in [5.41, 5.74) is 0. The van der Waals surface area contributed by atoms with Crippen LogP contribution in [0.2, 0.25) is 0 Å². The Morgan fingerprint density at radius 2 is 1.62 bits per heavy atom. The van der Waals surface area contributed by atoms with Crippen molar-refractivity contribution in [2.75, 3.05) is 13.1 Å². The SMILES string of the molecule is CCCCCN(CCCCC)S(=O)(=O)c1cncc(Br)c1. The third-order valence-electron chi connectivity index (χ3n) is 3.34. The van der Waals surface area contributed by atoms with Crippen molar-refractivity contribution in [1.29, 1.82) is 0 Å². The molecule has 21 heavy (non-hydrogen) atoms. The summed E-state index contributed by atoms with van der Waals surface area (Å²) in [6.07, 6.45) is 9.10. The second-order valence-electron chi connectivity index (χ2n) is 5.16. The third-order valence-corrected chi connectivity index (χ3v) is 5.64. The summed E-state index contributed by atoms with van der Waals surface area (Å²) in [6, 6.07) is 1.62. The monoisotopic (exact) mass is 376 g/mol. The number of nitrogens with zero attached hydrogens (tertiary/aromatic N) is 2. The number of halogens is 1. The molecule has 0 bridgehead atoms. The van der Waals surface area contributed by atoms with Crippen molar-refractivity contribution in [2.24, 2.45) is 0 Å². The van der Waals surface area contributed by atoms with Crippen LogP contribution in [0.1, 0.15) is 52.4 Å². The Labute approximate surface area is 137 Å². The first-order chi connectivity index (χ1) is 10.0. The highest BCUT2D eigenvalue weighted by Gasteiger charge is 2.24. The minimum atomic E-state index is -3.44. The summed E-state index contributed by atoms with van der Waals surface area (Å²) in [6.45, 7) is 5.42. The molecule has 1 aromatic heterocycles. The van der Waals surface area contributed by atoms with Crippen LogP contribution in [0.25, 0.3) is 0 Å². The molecule has 0 fully saturated rings. The zero-order valence-corrected chi connectivity index (χ0v) is 15.3. The second-order valence-corrected chi connectivity index (χ2v) is 8.01. The minimum Gasteiger partial charge on any atom is -0.262 e. The lowest BCUT2D eigenvalue weighted by Crippen LogP contribution is -2.33. The van der Waals surface area contributed by atoms with E-state index < -0.39 is 10.0 Å². The quantitative estimate of drug-likeness (QED) is 0.574. The fourth-order valence-corrected chi connectivity index (χ4v) is 4.13. The zero-order chi connectivity index (χ0) is 15.7. The molecule has 0 saturated carbocycles. The fraction of sp³-hybridized carbons (Fsp3) is 0.667. The van der Waals surface area contributed by atoms with Gasteiger partial charge in [0.05, 0.1) is 0 Å². The molecule has 0 spiro atoms. The van der Waals surface area contributed by atoms with Gasteiger partial charge in [-0.25, -0.2) is 8.42 Å². The number of aromatic nitrogens is 1. The molecule has 6 heteroatoms. The van der Waals surface area contributed by atoms with Gasteiger partial charge in [-0.2, -0.15) is 4.31 Å². The van der Waals surface area contributed by atoms with E-state index in [2.05, 4.69) is 34.8 Å². The Hall–Kier alpha value is -0.460. The molecule has 120 valence electrons. The van der Waals surface area contributed by atoms with Gasteiger partial charge in [-0.05, 0) is 34.8 Å². The Morgan fingerprint density at radius 3 is 2.10 bits per heavy atom. The van der Waals surface area contributed by atoms with Crippen molar-refractivity contribution in [3.05, 3.63) is 22.9 Å². The van der Waals surface area contributed by atoms with Crippen molar-refractivity contribution >= 4 is 26.0 Å². The number of rotatable bonds is 10. The van der Waals surface area contributed by atoms with Crippen LogP contribution < -0.4 is 0 Å². The molecule has 0 aliphatic rings. The average molecular weight is 377 g/mol. The van der Waals surface area contributed by atoms with E-state index in [1.54, 1.807) is 16.6 Å². The molecule has 0 aliphatic carbocycles. The second kappa shape index (κ2) is 9.54.